The predicted octanol–water partition coefficient (Wildman–Crippen LogP) is -2.12. The molecule has 0 aliphatic carbocycles. The molecule has 142 valence electrons. The van der Waals surface area contributed by atoms with Crippen molar-refractivity contribution in [3.05, 3.63) is 0 Å². The summed E-state index contributed by atoms with van der Waals surface area (Å²) in [6.45, 7) is 6.34. The van der Waals surface area contributed by atoms with Crippen molar-refractivity contribution in [3.63, 3.8) is 0 Å². The SMILES string of the molecule is CC(C)(C)OC(=O)N1CC(CNC[C@H](O)[C@@H](O)[C@H](O)[C@H](O)CO)C1. The molecule has 6 N–H and O–H groups in total. The average Bonchev–Trinajstić information content (AvgIpc) is 2.44. The van der Waals surface area contributed by atoms with Crippen molar-refractivity contribution in [3.8, 4) is 0 Å². The third-order valence-corrected chi connectivity index (χ3v) is 3.72. The van der Waals surface area contributed by atoms with E-state index in [0.717, 1.165) is 0 Å². The number of nitrogens with zero attached hydrogens (tertiary/aromatic N) is 1. The number of carbonyl (C=O) groups is 1. The standard InChI is InChI=1S/C15H30N2O7/c1-15(2,3)24-14(23)17-6-9(7-17)4-16-5-10(19)12(21)13(22)11(20)8-18/h9-13,16,18-22H,4-8H2,1-3H3/t10-,11+,12+,13+/m0/s1. The van der Waals surface area contributed by atoms with E-state index >= 15 is 0 Å². The first kappa shape index (κ1) is 21.1. The first-order valence-corrected chi connectivity index (χ1v) is 8.07. The van der Waals surface area contributed by atoms with Gasteiger partial charge in [0, 0.05) is 32.1 Å². The van der Waals surface area contributed by atoms with E-state index in [2.05, 4.69) is 5.32 Å². The number of aliphatic hydroxyl groups excluding tert-OH is 5. The minimum absolute atomic E-state index is 0.0132. The Morgan fingerprint density at radius 1 is 1.17 bits per heavy atom. The summed E-state index contributed by atoms with van der Waals surface area (Å²) in [5.74, 6) is 0.217. The molecule has 0 aromatic heterocycles. The van der Waals surface area contributed by atoms with Gasteiger partial charge in [-0.25, -0.2) is 4.79 Å². The van der Waals surface area contributed by atoms with Gasteiger partial charge in [-0.05, 0) is 20.8 Å². The molecule has 4 atom stereocenters. The third kappa shape index (κ3) is 6.50. The number of likely N-dealkylation sites (tertiary alicyclic amines) is 1. The highest BCUT2D eigenvalue weighted by molar-refractivity contribution is 5.69. The number of rotatable bonds is 8. The lowest BCUT2D eigenvalue weighted by Crippen LogP contribution is -2.55. The van der Waals surface area contributed by atoms with E-state index in [-0.39, 0.29) is 18.6 Å². The van der Waals surface area contributed by atoms with Crippen LogP contribution in [0.4, 0.5) is 4.79 Å². The minimum Gasteiger partial charge on any atom is -0.444 e. The average molecular weight is 350 g/mol. The van der Waals surface area contributed by atoms with Crippen LogP contribution in [0.2, 0.25) is 0 Å². The molecule has 1 rings (SSSR count). The minimum atomic E-state index is -1.63. The fourth-order valence-electron chi connectivity index (χ4n) is 2.29. The van der Waals surface area contributed by atoms with Gasteiger partial charge in [-0.3, -0.25) is 0 Å². The molecule has 1 heterocycles. The number of nitrogens with one attached hydrogen (secondary N) is 1. The summed E-state index contributed by atoms with van der Waals surface area (Å²) in [6, 6.07) is 0. The Balaban J connectivity index is 2.20. The molecule has 9 heteroatoms. The maximum Gasteiger partial charge on any atom is 0.410 e. The van der Waals surface area contributed by atoms with Crippen molar-refractivity contribution in [2.45, 2.75) is 50.8 Å². The largest absolute Gasteiger partial charge is 0.444 e. The Morgan fingerprint density at radius 3 is 2.21 bits per heavy atom. The highest BCUT2D eigenvalue weighted by Crippen LogP contribution is 2.18. The van der Waals surface area contributed by atoms with Gasteiger partial charge in [0.25, 0.3) is 0 Å². The molecular weight excluding hydrogens is 320 g/mol. The molecule has 0 saturated carbocycles. The summed E-state index contributed by atoms with van der Waals surface area (Å²) in [7, 11) is 0. The summed E-state index contributed by atoms with van der Waals surface area (Å²) >= 11 is 0. The Labute approximate surface area is 141 Å². The van der Waals surface area contributed by atoms with E-state index in [1.807, 2.05) is 0 Å². The molecule has 0 aromatic rings. The van der Waals surface area contributed by atoms with Crippen molar-refractivity contribution in [1.82, 2.24) is 10.2 Å². The fourth-order valence-corrected chi connectivity index (χ4v) is 2.29. The van der Waals surface area contributed by atoms with Crippen LogP contribution in [-0.4, -0.2) is 99.3 Å². The molecule has 1 fully saturated rings. The first-order valence-electron chi connectivity index (χ1n) is 8.07. The van der Waals surface area contributed by atoms with E-state index in [1.165, 1.54) is 0 Å². The fraction of sp³-hybridized carbons (Fsp3) is 0.933. The van der Waals surface area contributed by atoms with Crippen molar-refractivity contribution in [1.29, 1.82) is 0 Å². The van der Waals surface area contributed by atoms with Gasteiger partial charge in [-0.15, -0.1) is 0 Å². The van der Waals surface area contributed by atoms with E-state index in [0.29, 0.717) is 19.6 Å². The zero-order valence-corrected chi connectivity index (χ0v) is 14.4. The summed E-state index contributed by atoms with van der Waals surface area (Å²) in [4.78, 5) is 13.4. The Kier molecular flexibility index (Phi) is 7.84. The van der Waals surface area contributed by atoms with Gasteiger partial charge < -0.3 is 40.5 Å². The molecule has 0 radical (unpaired) electrons. The van der Waals surface area contributed by atoms with Gasteiger partial charge in [0.15, 0.2) is 0 Å². The van der Waals surface area contributed by atoms with Gasteiger partial charge in [-0.1, -0.05) is 0 Å². The third-order valence-electron chi connectivity index (χ3n) is 3.72. The number of hydrogen-bond acceptors (Lipinski definition) is 8. The van der Waals surface area contributed by atoms with E-state index in [9.17, 15) is 25.2 Å². The van der Waals surface area contributed by atoms with Crippen LogP contribution in [0.5, 0.6) is 0 Å². The van der Waals surface area contributed by atoms with Crippen LogP contribution in [-0.2, 0) is 4.74 Å². The second kappa shape index (κ2) is 8.93. The van der Waals surface area contributed by atoms with Crippen LogP contribution in [0.25, 0.3) is 0 Å². The number of carbonyl (C=O) groups excluding carboxylic acids is 1. The maximum atomic E-state index is 11.8. The van der Waals surface area contributed by atoms with Crippen LogP contribution in [0.1, 0.15) is 20.8 Å². The number of ether oxygens (including phenoxy) is 1. The monoisotopic (exact) mass is 350 g/mol. The second-order valence-corrected chi connectivity index (χ2v) is 7.21. The quantitative estimate of drug-likeness (QED) is 0.292. The Hall–Kier alpha value is -0.970. The smallest absolute Gasteiger partial charge is 0.410 e. The summed E-state index contributed by atoms with van der Waals surface area (Å²) in [5.41, 5.74) is -0.527. The van der Waals surface area contributed by atoms with Gasteiger partial charge in [0.05, 0.1) is 12.7 Å². The molecule has 0 unspecified atom stereocenters. The molecule has 1 aliphatic rings. The number of hydrogen-bond donors (Lipinski definition) is 6. The van der Waals surface area contributed by atoms with Crippen molar-refractivity contribution >= 4 is 6.09 Å². The van der Waals surface area contributed by atoms with Crippen LogP contribution < -0.4 is 5.32 Å². The highest BCUT2D eigenvalue weighted by atomic mass is 16.6. The van der Waals surface area contributed by atoms with Crippen molar-refractivity contribution in [2.24, 2.45) is 5.92 Å². The molecule has 0 aromatic carbocycles. The summed E-state index contributed by atoms with van der Waals surface area (Å²) in [6.07, 6.45) is -6.35. The van der Waals surface area contributed by atoms with Gasteiger partial charge in [0.2, 0.25) is 0 Å². The molecule has 0 spiro atoms. The van der Waals surface area contributed by atoms with Crippen LogP contribution >= 0.6 is 0 Å². The normalized spacial score (nSPS) is 20.9. The molecule has 1 amide bonds. The second-order valence-electron chi connectivity index (χ2n) is 7.21. The molecular formula is C15H30N2O7. The van der Waals surface area contributed by atoms with Crippen LogP contribution in [0.3, 0.4) is 0 Å². The van der Waals surface area contributed by atoms with Crippen LogP contribution in [0, 0.1) is 5.92 Å². The van der Waals surface area contributed by atoms with Gasteiger partial charge in [-0.2, -0.15) is 0 Å². The van der Waals surface area contributed by atoms with Crippen LogP contribution in [0.15, 0.2) is 0 Å². The van der Waals surface area contributed by atoms with E-state index < -0.39 is 36.6 Å². The van der Waals surface area contributed by atoms with Crippen molar-refractivity contribution < 1.29 is 35.1 Å². The maximum absolute atomic E-state index is 11.8. The topological polar surface area (TPSA) is 143 Å². The molecule has 1 saturated heterocycles. The number of aliphatic hydroxyl groups is 5. The highest BCUT2D eigenvalue weighted by Gasteiger charge is 2.34. The Bertz CT molecular complexity index is 396. The van der Waals surface area contributed by atoms with Crippen molar-refractivity contribution in [2.75, 3.05) is 32.8 Å². The number of amides is 1. The zero-order chi connectivity index (χ0) is 18.5. The molecule has 0 bridgehead atoms. The molecule has 1 aliphatic heterocycles. The summed E-state index contributed by atoms with van der Waals surface area (Å²) < 4.78 is 5.25. The predicted molar refractivity (Wildman–Crippen MR) is 85.3 cm³/mol. The Morgan fingerprint density at radius 2 is 1.71 bits per heavy atom. The lowest BCUT2D eigenvalue weighted by Gasteiger charge is -2.40. The van der Waals surface area contributed by atoms with Gasteiger partial charge in [0.1, 0.15) is 23.9 Å². The lowest BCUT2D eigenvalue weighted by atomic mass is 10.00. The molecule has 9 nitrogen and oxygen atoms in total. The molecule has 24 heavy (non-hydrogen) atoms. The van der Waals surface area contributed by atoms with E-state index in [4.69, 9.17) is 9.84 Å². The zero-order valence-electron chi connectivity index (χ0n) is 14.4. The van der Waals surface area contributed by atoms with E-state index in [1.54, 1.807) is 25.7 Å². The first-order chi connectivity index (χ1) is 11.0. The lowest BCUT2D eigenvalue weighted by molar-refractivity contribution is -0.114. The summed E-state index contributed by atoms with van der Waals surface area (Å²) in [5, 5.41) is 49.8. The van der Waals surface area contributed by atoms with Gasteiger partial charge >= 0.3 is 6.09 Å².